The fraction of sp³-hybridized carbons (Fsp3) is 0.679. The number of nitrogens with one attached hydrogen (secondary N) is 1. The zero-order chi connectivity index (χ0) is 27.5. The molecule has 1 N–H and O–H groups in total. The number of Topliss-reactive ketones (excluding diaryl/α,β-unsaturated/α-hetero) is 1. The normalized spacial score (nSPS) is 24.2. The molecule has 2 aliphatic carbocycles. The van der Waals surface area contributed by atoms with Gasteiger partial charge in [0.05, 0.1) is 0 Å². The third kappa shape index (κ3) is 5.90. The standard InChI is InChI=1S/C22H29FN2O4.C6H15N/c1-20(2,3)29-19(28)24-25(15-10-8-7-9-14(15)23)18(27)16-13-11-12-22(6,17(16)26)21(13,4)5;1-4-7(5-2)6-3/h7-10,13,16H,11-12H2,1-6H3,(H,24,28);4-6H2,1-3H3/t13-,16?,22+;/m0./s1. The van der Waals surface area contributed by atoms with Gasteiger partial charge in [0.15, 0.2) is 5.78 Å². The number of hydrazine groups is 1. The number of para-hydroxylation sites is 1. The molecule has 0 aliphatic heterocycles. The van der Waals surface area contributed by atoms with Gasteiger partial charge in [0.1, 0.15) is 23.0 Å². The second-order valence-corrected chi connectivity index (χ2v) is 11.4. The summed E-state index contributed by atoms with van der Waals surface area (Å²) in [5.74, 6) is -2.55. The van der Waals surface area contributed by atoms with Crippen molar-refractivity contribution >= 4 is 23.5 Å². The van der Waals surface area contributed by atoms with E-state index in [9.17, 15) is 18.8 Å². The second-order valence-electron chi connectivity index (χ2n) is 11.4. The van der Waals surface area contributed by atoms with E-state index in [1.54, 1.807) is 26.8 Å². The lowest BCUT2D eigenvalue weighted by Crippen LogP contribution is -2.53. The van der Waals surface area contributed by atoms with Crippen molar-refractivity contribution in [3.05, 3.63) is 30.1 Å². The number of hydrogen-bond acceptors (Lipinski definition) is 5. The number of benzene rings is 1. The molecule has 2 bridgehead atoms. The monoisotopic (exact) mass is 505 g/mol. The highest BCUT2D eigenvalue weighted by Crippen LogP contribution is 2.65. The minimum atomic E-state index is -0.932. The number of carbonyl (C=O) groups excluding carboxylic acids is 3. The molecule has 1 aromatic carbocycles. The van der Waals surface area contributed by atoms with Gasteiger partial charge in [-0.2, -0.15) is 0 Å². The highest BCUT2D eigenvalue weighted by Gasteiger charge is 2.68. The number of rotatable bonds is 5. The Balaban J connectivity index is 0.000000572. The summed E-state index contributed by atoms with van der Waals surface area (Å²) in [6.45, 7) is 21.1. The van der Waals surface area contributed by atoms with Crippen molar-refractivity contribution in [1.29, 1.82) is 0 Å². The average molecular weight is 506 g/mol. The van der Waals surface area contributed by atoms with E-state index in [1.165, 1.54) is 37.8 Å². The number of halogens is 1. The molecule has 2 aliphatic rings. The Morgan fingerprint density at radius 3 is 2.06 bits per heavy atom. The topological polar surface area (TPSA) is 79.0 Å². The van der Waals surface area contributed by atoms with Crippen LogP contribution in [0, 0.1) is 28.5 Å². The smallest absolute Gasteiger partial charge is 0.427 e. The summed E-state index contributed by atoms with van der Waals surface area (Å²) in [6.07, 6.45) is 0.575. The molecular formula is C28H44FN3O4. The molecule has 3 atom stereocenters. The van der Waals surface area contributed by atoms with E-state index >= 15 is 0 Å². The Morgan fingerprint density at radius 2 is 1.64 bits per heavy atom. The lowest BCUT2D eigenvalue weighted by Gasteiger charge is -2.32. The van der Waals surface area contributed by atoms with Crippen LogP contribution in [-0.4, -0.2) is 47.9 Å². The molecule has 202 valence electrons. The number of carbonyl (C=O) groups is 3. The SMILES string of the molecule is CC(C)(C)OC(=O)NN(C(=O)C1C(=O)[C@@]2(C)CC[C@@H]1C2(C)C)c1ccccc1F.CCN(CC)CC. The van der Waals surface area contributed by atoms with Crippen molar-refractivity contribution < 1.29 is 23.5 Å². The molecule has 7 nitrogen and oxygen atoms in total. The van der Waals surface area contributed by atoms with Gasteiger partial charge in [-0.3, -0.25) is 9.59 Å². The summed E-state index contributed by atoms with van der Waals surface area (Å²) >= 11 is 0. The Kier molecular flexibility index (Phi) is 9.32. The molecule has 8 heteroatoms. The zero-order valence-corrected chi connectivity index (χ0v) is 23.4. The summed E-state index contributed by atoms with van der Waals surface area (Å²) in [4.78, 5) is 41.4. The van der Waals surface area contributed by atoms with E-state index in [4.69, 9.17) is 4.74 Å². The predicted octanol–water partition coefficient (Wildman–Crippen LogP) is 5.59. The summed E-state index contributed by atoms with van der Waals surface area (Å²) in [5.41, 5.74) is 0.478. The van der Waals surface area contributed by atoms with Gasteiger partial charge in [-0.1, -0.05) is 53.7 Å². The van der Waals surface area contributed by atoms with Crippen LogP contribution in [0.5, 0.6) is 0 Å². The Hall–Kier alpha value is -2.48. The van der Waals surface area contributed by atoms with E-state index in [-0.39, 0.29) is 22.8 Å². The van der Waals surface area contributed by atoms with Gasteiger partial charge < -0.3 is 9.64 Å². The quantitative estimate of drug-likeness (QED) is 0.417. The van der Waals surface area contributed by atoms with Crippen molar-refractivity contribution in [3.63, 3.8) is 0 Å². The third-order valence-corrected chi connectivity index (χ3v) is 8.06. The van der Waals surface area contributed by atoms with E-state index in [0.717, 1.165) is 17.9 Å². The number of nitrogens with zero attached hydrogens (tertiary/aromatic N) is 2. The fourth-order valence-electron chi connectivity index (χ4n) is 5.44. The van der Waals surface area contributed by atoms with Crippen LogP contribution in [0.2, 0.25) is 0 Å². The van der Waals surface area contributed by atoms with Crippen molar-refractivity contribution in [3.8, 4) is 0 Å². The first-order valence-corrected chi connectivity index (χ1v) is 13.0. The molecule has 2 saturated carbocycles. The number of anilines is 1. The van der Waals surface area contributed by atoms with Gasteiger partial charge >= 0.3 is 6.09 Å². The van der Waals surface area contributed by atoms with Gasteiger partial charge in [-0.15, -0.1) is 0 Å². The van der Waals surface area contributed by atoms with Crippen molar-refractivity contribution in [2.45, 2.75) is 80.8 Å². The fourth-order valence-corrected chi connectivity index (χ4v) is 5.44. The van der Waals surface area contributed by atoms with Crippen molar-refractivity contribution in [2.75, 3.05) is 24.6 Å². The maximum atomic E-state index is 14.5. The molecule has 0 heterocycles. The van der Waals surface area contributed by atoms with Crippen molar-refractivity contribution in [1.82, 2.24) is 10.3 Å². The Labute approximate surface area is 215 Å². The predicted molar refractivity (Wildman–Crippen MR) is 140 cm³/mol. The van der Waals surface area contributed by atoms with Crippen LogP contribution in [0.25, 0.3) is 0 Å². The maximum Gasteiger partial charge on any atom is 0.427 e. The molecule has 0 saturated heterocycles. The molecule has 2 amide bonds. The van der Waals surface area contributed by atoms with Crippen LogP contribution in [0.15, 0.2) is 24.3 Å². The minimum absolute atomic E-state index is 0.123. The zero-order valence-electron chi connectivity index (χ0n) is 23.4. The summed E-state index contributed by atoms with van der Waals surface area (Å²) in [6, 6.07) is 5.63. The van der Waals surface area contributed by atoms with E-state index in [2.05, 4.69) is 31.1 Å². The number of fused-ring (bicyclic) bond motifs is 2. The van der Waals surface area contributed by atoms with Gasteiger partial charge in [0, 0.05) is 5.41 Å². The molecule has 2 fully saturated rings. The summed E-state index contributed by atoms with van der Waals surface area (Å²) in [7, 11) is 0. The van der Waals surface area contributed by atoms with Crippen molar-refractivity contribution in [2.24, 2.45) is 22.7 Å². The van der Waals surface area contributed by atoms with E-state index in [1.807, 2.05) is 20.8 Å². The Morgan fingerprint density at radius 1 is 1.08 bits per heavy atom. The molecule has 3 rings (SSSR count). The molecule has 36 heavy (non-hydrogen) atoms. The number of amides is 2. The Bertz CT molecular complexity index is 949. The van der Waals surface area contributed by atoms with Crippen LogP contribution in [0.4, 0.5) is 14.9 Å². The number of ketones is 1. The van der Waals surface area contributed by atoms with E-state index < -0.39 is 34.8 Å². The molecule has 0 aromatic heterocycles. The molecular weight excluding hydrogens is 461 g/mol. The molecule has 0 radical (unpaired) electrons. The van der Waals surface area contributed by atoms with Gasteiger partial charge in [-0.25, -0.2) is 19.6 Å². The lowest BCUT2D eigenvalue weighted by molar-refractivity contribution is -0.138. The van der Waals surface area contributed by atoms with Crippen LogP contribution in [0.1, 0.15) is 75.2 Å². The largest absolute Gasteiger partial charge is 0.443 e. The van der Waals surface area contributed by atoms with E-state index in [0.29, 0.717) is 0 Å². The number of ether oxygens (including phenoxy) is 1. The average Bonchev–Trinajstić information content (AvgIpc) is 3.10. The second kappa shape index (κ2) is 11.3. The minimum Gasteiger partial charge on any atom is -0.443 e. The highest BCUT2D eigenvalue weighted by atomic mass is 19.1. The highest BCUT2D eigenvalue weighted by molar-refractivity contribution is 6.13. The van der Waals surface area contributed by atoms with Crippen LogP contribution < -0.4 is 10.4 Å². The van der Waals surface area contributed by atoms with Gasteiger partial charge in [-0.05, 0) is 76.7 Å². The van der Waals surface area contributed by atoms with Gasteiger partial charge in [0.2, 0.25) is 0 Å². The van der Waals surface area contributed by atoms with Crippen LogP contribution >= 0.6 is 0 Å². The molecule has 1 aromatic rings. The first kappa shape index (κ1) is 29.7. The van der Waals surface area contributed by atoms with Gasteiger partial charge in [0.25, 0.3) is 5.91 Å². The first-order chi connectivity index (χ1) is 16.6. The molecule has 1 unspecified atom stereocenters. The lowest BCUT2D eigenvalue weighted by atomic mass is 9.70. The molecule has 0 spiro atoms. The first-order valence-electron chi connectivity index (χ1n) is 13.0. The third-order valence-electron chi connectivity index (χ3n) is 8.06. The summed E-state index contributed by atoms with van der Waals surface area (Å²) in [5, 5.41) is 0.839. The van der Waals surface area contributed by atoms with Crippen LogP contribution in [0.3, 0.4) is 0 Å². The number of hydrogen-bond donors (Lipinski definition) is 1. The summed E-state index contributed by atoms with van der Waals surface area (Å²) < 4.78 is 19.8. The van der Waals surface area contributed by atoms with Crippen LogP contribution in [-0.2, 0) is 14.3 Å². The maximum absolute atomic E-state index is 14.5.